The van der Waals surface area contributed by atoms with Gasteiger partial charge in [-0.3, -0.25) is 4.98 Å². The smallest absolute Gasteiger partial charge is 0.106 e. The topological polar surface area (TPSA) is 58.3 Å². The quantitative estimate of drug-likeness (QED) is 0.503. The molecule has 0 radical (unpaired) electrons. The van der Waals surface area contributed by atoms with Crippen molar-refractivity contribution in [3.8, 4) is 6.07 Å². The predicted octanol–water partition coefficient (Wildman–Crippen LogP) is 1.32. The van der Waals surface area contributed by atoms with Crippen LogP contribution in [0.15, 0.2) is 23.6 Å². The Balaban J connectivity index is 3.15. The number of hydrogen-bond donors (Lipinski definition) is 0. The predicted molar refractivity (Wildman–Crippen MR) is 48.2 cm³/mol. The highest BCUT2D eigenvalue weighted by atomic mass is 16.6. The molecule has 0 saturated heterocycles. The molecule has 1 aromatic heterocycles. The average molecular weight is 175 g/mol. The molecule has 4 nitrogen and oxygen atoms in total. The summed E-state index contributed by atoms with van der Waals surface area (Å²) in [4.78, 5) is 8.52. The van der Waals surface area contributed by atoms with E-state index in [2.05, 4.69) is 21.0 Å². The Morgan fingerprint density at radius 2 is 2.46 bits per heavy atom. The Hall–Kier alpha value is -1.89. The van der Waals surface area contributed by atoms with E-state index in [1.165, 1.54) is 7.11 Å². The highest BCUT2D eigenvalue weighted by molar-refractivity contribution is 6.00. The molecule has 0 aliphatic rings. The SMILES string of the molecule is CO/N=C(\C)c1cnccc1C#N. The minimum absolute atomic E-state index is 0.549. The molecule has 0 amide bonds. The molecule has 0 spiro atoms. The zero-order valence-electron chi connectivity index (χ0n) is 7.48. The molecular weight excluding hydrogens is 166 g/mol. The molecule has 1 rings (SSSR count). The lowest BCUT2D eigenvalue weighted by molar-refractivity contribution is 0.213. The van der Waals surface area contributed by atoms with Crippen LogP contribution in [0.1, 0.15) is 18.1 Å². The summed E-state index contributed by atoms with van der Waals surface area (Å²) in [5, 5.41) is 12.5. The molecule has 1 heterocycles. The zero-order chi connectivity index (χ0) is 9.68. The molecule has 1 aromatic rings. The molecule has 0 fully saturated rings. The number of rotatable bonds is 2. The average Bonchev–Trinajstić information content (AvgIpc) is 2.18. The molecule has 0 bridgehead atoms. The Labute approximate surface area is 76.5 Å². The Morgan fingerprint density at radius 3 is 3.08 bits per heavy atom. The van der Waals surface area contributed by atoms with Gasteiger partial charge >= 0.3 is 0 Å². The lowest BCUT2D eigenvalue weighted by atomic mass is 10.1. The molecule has 0 saturated carbocycles. The van der Waals surface area contributed by atoms with E-state index in [-0.39, 0.29) is 0 Å². The molecule has 0 aliphatic heterocycles. The van der Waals surface area contributed by atoms with Crippen LogP contribution in [0.5, 0.6) is 0 Å². The van der Waals surface area contributed by atoms with Crippen molar-refractivity contribution in [3.63, 3.8) is 0 Å². The van der Waals surface area contributed by atoms with Crippen molar-refractivity contribution in [2.24, 2.45) is 5.16 Å². The summed E-state index contributed by atoms with van der Waals surface area (Å²) in [5.74, 6) is 0. The zero-order valence-corrected chi connectivity index (χ0v) is 7.48. The van der Waals surface area contributed by atoms with Crippen LogP contribution in [0, 0.1) is 11.3 Å². The summed E-state index contributed by atoms with van der Waals surface area (Å²) >= 11 is 0. The normalized spacial score (nSPS) is 10.7. The van der Waals surface area contributed by atoms with Crippen molar-refractivity contribution < 1.29 is 4.84 Å². The number of nitrogens with zero attached hydrogens (tertiary/aromatic N) is 3. The maximum Gasteiger partial charge on any atom is 0.106 e. The van der Waals surface area contributed by atoms with Crippen LogP contribution in [0.25, 0.3) is 0 Å². The van der Waals surface area contributed by atoms with Gasteiger partial charge in [0, 0.05) is 18.0 Å². The van der Waals surface area contributed by atoms with Gasteiger partial charge in [0.2, 0.25) is 0 Å². The van der Waals surface area contributed by atoms with Crippen molar-refractivity contribution in [3.05, 3.63) is 29.6 Å². The fraction of sp³-hybridized carbons (Fsp3) is 0.222. The van der Waals surface area contributed by atoms with Gasteiger partial charge in [-0.25, -0.2) is 0 Å². The van der Waals surface area contributed by atoms with E-state index in [4.69, 9.17) is 5.26 Å². The maximum atomic E-state index is 8.76. The van der Waals surface area contributed by atoms with Crippen LogP contribution >= 0.6 is 0 Å². The van der Waals surface area contributed by atoms with Gasteiger partial charge in [0.1, 0.15) is 7.11 Å². The maximum absolute atomic E-state index is 8.76. The first-order chi connectivity index (χ1) is 6.29. The first-order valence-corrected chi connectivity index (χ1v) is 3.72. The van der Waals surface area contributed by atoms with Gasteiger partial charge in [-0.2, -0.15) is 5.26 Å². The Bertz CT molecular complexity index is 365. The number of aromatic nitrogens is 1. The third kappa shape index (κ3) is 2.03. The van der Waals surface area contributed by atoms with E-state index in [1.807, 2.05) is 0 Å². The van der Waals surface area contributed by atoms with Crippen LogP contribution in [-0.4, -0.2) is 17.8 Å². The van der Waals surface area contributed by atoms with Gasteiger partial charge in [-0.15, -0.1) is 0 Å². The summed E-state index contributed by atoms with van der Waals surface area (Å²) in [6.45, 7) is 1.77. The fourth-order valence-electron chi connectivity index (χ4n) is 0.966. The van der Waals surface area contributed by atoms with Gasteiger partial charge in [0.15, 0.2) is 0 Å². The van der Waals surface area contributed by atoms with Gasteiger partial charge in [0.25, 0.3) is 0 Å². The third-order valence-electron chi connectivity index (χ3n) is 1.56. The summed E-state index contributed by atoms with van der Waals surface area (Å²) < 4.78 is 0. The largest absolute Gasteiger partial charge is 0.399 e. The standard InChI is InChI=1S/C9H9N3O/c1-7(12-13-2)9-6-11-4-3-8(9)5-10/h3-4,6H,1-2H3/b12-7+. The summed E-state index contributed by atoms with van der Waals surface area (Å²) in [7, 11) is 1.46. The number of oxime groups is 1. The molecule has 0 unspecified atom stereocenters. The van der Waals surface area contributed by atoms with Crippen LogP contribution in [0.4, 0.5) is 0 Å². The Kier molecular flexibility index (Phi) is 2.98. The minimum atomic E-state index is 0.549. The fourth-order valence-corrected chi connectivity index (χ4v) is 0.966. The van der Waals surface area contributed by atoms with Crippen LogP contribution in [0.3, 0.4) is 0 Å². The molecule has 0 atom stereocenters. The van der Waals surface area contributed by atoms with Crippen molar-refractivity contribution in [1.29, 1.82) is 5.26 Å². The highest BCUT2D eigenvalue weighted by Crippen LogP contribution is 2.06. The van der Waals surface area contributed by atoms with E-state index in [0.29, 0.717) is 16.8 Å². The Morgan fingerprint density at radius 1 is 1.69 bits per heavy atom. The van der Waals surface area contributed by atoms with Crippen molar-refractivity contribution >= 4 is 5.71 Å². The minimum Gasteiger partial charge on any atom is -0.399 e. The first-order valence-electron chi connectivity index (χ1n) is 3.72. The second kappa shape index (κ2) is 4.21. The monoisotopic (exact) mass is 175 g/mol. The van der Waals surface area contributed by atoms with Crippen molar-refractivity contribution in [2.75, 3.05) is 7.11 Å². The van der Waals surface area contributed by atoms with Crippen LogP contribution in [-0.2, 0) is 4.84 Å². The third-order valence-corrected chi connectivity index (χ3v) is 1.56. The van der Waals surface area contributed by atoms with Crippen LogP contribution < -0.4 is 0 Å². The molecule has 0 aliphatic carbocycles. The van der Waals surface area contributed by atoms with Gasteiger partial charge in [0.05, 0.1) is 17.3 Å². The molecular formula is C9H9N3O. The number of nitriles is 1. The van der Waals surface area contributed by atoms with Crippen LogP contribution in [0.2, 0.25) is 0 Å². The second-order valence-electron chi connectivity index (χ2n) is 2.39. The highest BCUT2D eigenvalue weighted by Gasteiger charge is 2.04. The molecule has 13 heavy (non-hydrogen) atoms. The summed E-state index contributed by atoms with van der Waals surface area (Å²) in [6.07, 6.45) is 3.17. The van der Waals surface area contributed by atoms with Gasteiger partial charge < -0.3 is 4.84 Å². The first kappa shape index (κ1) is 9.20. The van der Waals surface area contributed by atoms with E-state index in [1.54, 1.807) is 25.4 Å². The van der Waals surface area contributed by atoms with Crippen molar-refractivity contribution in [1.82, 2.24) is 4.98 Å². The van der Waals surface area contributed by atoms with E-state index in [9.17, 15) is 0 Å². The van der Waals surface area contributed by atoms with E-state index >= 15 is 0 Å². The molecule has 4 heteroatoms. The molecule has 0 N–H and O–H groups in total. The number of pyridine rings is 1. The van der Waals surface area contributed by atoms with Crippen molar-refractivity contribution in [2.45, 2.75) is 6.92 Å². The summed E-state index contributed by atoms with van der Waals surface area (Å²) in [6, 6.07) is 3.70. The van der Waals surface area contributed by atoms with Gasteiger partial charge in [-0.05, 0) is 13.0 Å². The lowest BCUT2D eigenvalue weighted by Crippen LogP contribution is -1.99. The van der Waals surface area contributed by atoms with E-state index < -0.39 is 0 Å². The summed E-state index contributed by atoms with van der Waals surface area (Å²) in [5.41, 5.74) is 1.90. The number of hydrogen-bond acceptors (Lipinski definition) is 4. The van der Waals surface area contributed by atoms with Gasteiger partial charge in [-0.1, -0.05) is 5.16 Å². The van der Waals surface area contributed by atoms with E-state index in [0.717, 1.165) is 0 Å². The lowest BCUT2D eigenvalue weighted by Gasteiger charge is -2.00. The molecule has 0 aromatic carbocycles. The second-order valence-corrected chi connectivity index (χ2v) is 2.39. The molecule has 66 valence electrons.